The fraction of sp³-hybridized carbons (Fsp3) is 0.0526. The quantitative estimate of drug-likeness (QED) is 0.717. The first-order chi connectivity index (χ1) is 12.0. The van der Waals surface area contributed by atoms with Gasteiger partial charge in [0.05, 0.1) is 5.52 Å². The van der Waals surface area contributed by atoms with E-state index in [4.69, 9.17) is 0 Å². The number of carbonyl (C=O) groups is 1. The van der Waals surface area contributed by atoms with Crippen molar-refractivity contribution in [3.63, 3.8) is 0 Å². The Morgan fingerprint density at radius 2 is 1.88 bits per heavy atom. The molecule has 0 aliphatic heterocycles. The molecule has 0 radical (unpaired) electrons. The van der Waals surface area contributed by atoms with Crippen molar-refractivity contribution in [3.8, 4) is 5.75 Å². The second-order valence-corrected chi connectivity index (χ2v) is 5.41. The second kappa shape index (κ2) is 6.60. The Hall–Kier alpha value is -3.41. The molecule has 25 heavy (non-hydrogen) atoms. The molecule has 1 heterocycles. The molecule has 0 fully saturated rings. The number of fused-ring (bicyclic) bond motifs is 1. The minimum absolute atomic E-state index is 0.191. The van der Waals surface area contributed by atoms with Gasteiger partial charge < -0.3 is 15.0 Å². The largest absolute Gasteiger partial charge is 0.506 e. The predicted octanol–water partition coefficient (Wildman–Crippen LogP) is 3.28. The number of hydrogen-bond acceptors (Lipinski definition) is 3. The van der Waals surface area contributed by atoms with E-state index in [9.17, 15) is 19.1 Å². The highest BCUT2D eigenvalue weighted by Crippen LogP contribution is 2.26. The van der Waals surface area contributed by atoms with Crippen LogP contribution < -0.4 is 10.9 Å². The van der Waals surface area contributed by atoms with E-state index >= 15 is 0 Å². The molecule has 0 aliphatic carbocycles. The Morgan fingerprint density at radius 3 is 2.56 bits per heavy atom. The first kappa shape index (κ1) is 16.4. The Kier molecular flexibility index (Phi) is 4.35. The molecule has 0 aliphatic rings. The lowest BCUT2D eigenvalue weighted by Crippen LogP contribution is -2.29. The molecular weight excluding hydrogens is 323 g/mol. The smallest absolute Gasteiger partial charge is 0.268 e. The minimum Gasteiger partial charge on any atom is -0.506 e. The molecule has 2 aromatic carbocycles. The Balaban J connectivity index is 2.14. The zero-order chi connectivity index (χ0) is 18.0. The summed E-state index contributed by atoms with van der Waals surface area (Å²) >= 11 is 0. The summed E-state index contributed by atoms with van der Waals surface area (Å²) in [6.45, 7) is 3.81. The number of nitrogens with zero attached hydrogens (tertiary/aromatic N) is 1. The summed E-state index contributed by atoms with van der Waals surface area (Å²) in [5, 5.41) is 13.3. The van der Waals surface area contributed by atoms with Gasteiger partial charge in [-0.1, -0.05) is 18.2 Å². The van der Waals surface area contributed by atoms with Gasteiger partial charge in [0.25, 0.3) is 11.5 Å². The average molecular weight is 338 g/mol. The molecule has 0 spiro atoms. The van der Waals surface area contributed by atoms with Crippen molar-refractivity contribution in [2.75, 3.05) is 5.32 Å². The number of allylic oxidation sites excluding steroid dienone is 1. The summed E-state index contributed by atoms with van der Waals surface area (Å²) in [7, 11) is 0. The van der Waals surface area contributed by atoms with Crippen LogP contribution in [0.2, 0.25) is 0 Å². The van der Waals surface area contributed by atoms with E-state index in [1.54, 1.807) is 24.3 Å². The molecular formula is C19H15FN2O3. The van der Waals surface area contributed by atoms with Gasteiger partial charge in [0, 0.05) is 17.6 Å². The molecule has 5 nitrogen and oxygen atoms in total. The number of rotatable bonds is 4. The van der Waals surface area contributed by atoms with Crippen LogP contribution in [-0.2, 0) is 6.54 Å². The van der Waals surface area contributed by atoms with Gasteiger partial charge in [0.1, 0.15) is 17.1 Å². The normalized spacial score (nSPS) is 10.6. The topological polar surface area (TPSA) is 71.3 Å². The van der Waals surface area contributed by atoms with Crippen LogP contribution in [0.3, 0.4) is 0 Å². The van der Waals surface area contributed by atoms with Crippen molar-refractivity contribution >= 4 is 22.5 Å². The lowest BCUT2D eigenvalue weighted by Gasteiger charge is -2.13. The summed E-state index contributed by atoms with van der Waals surface area (Å²) in [5.74, 6) is -1.60. The molecule has 1 aromatic heterocycles. The van der Waals surface area contributed by atoms with Crippen molar-refractivity contribution in [1.29, 1.82) is 0 Å². The summed E-state index contributed by atoms with van der Waals surface area (Å²) < 4.78 is 14.3. The number of halogens is 1. The van der Waals surface area contributed by atoms with E-state index in [-0.39, 0.29) is 17.9 Å². The van der Waals surface area contributed by atoms with Gasteiger partial charge in [-0.15, -0.1) is 6.58 Å². The predicted molar refractivity (Wildman–Crippen MR) is 94.4 cm³/mol. The summed E-state index contributed by atoms with van der Waals surface area (Å²) in [5.41, 5.74) is -0.183. The van der Waals surface area contributed by atoms with E-state index in [2.05, 4.69) is 11.9 Å². The van der Waals surface area contributed by atoms with Crippen molar-refractivity contribution in [2.45, 2.75) is 6.54 Å². The standard InChI is InChI=1S/C19H15FN2O3/c1-2-11-22-15-6-4-3-5-14(15)17(23)16(19(22)25)18(24)21-13-9-7-12(20)8-10-13/h2-10,23H,1,11H2,(H,21,24). The molecule has 3 rings (SSSR count). The maximum absolute atomic E-state index is 13.0. The third-order valence-electron chi connectivity index (χ3n) is 3.79. The number of para-hydroxylation sites is 1. The van der Waals surface area contributed by atoms with Gasteiger partial charge in [-0.25, -0.2) is 4.39 Å². The molecule has 2 N–H and O–H groups in total. The monoisotopic (exact) mass is 338 g/mol. The Morgan fingerprint density at radius 1 is 1.20 bits per heavy atom. The molecule has 0 atom stereocenters. The van der Waals surface area contributed by atoms with Crippen molar-refractivity contribution in [3.05, 3.63) is 82.9 Å². The van der Waals surface area contributed by atoms with Gasteiger partial charge in [0.2, 0.25) is 0 Å². The van der Waals surface area contributed by atoms with Crippen LogP contribution in [0.5, 0.6) is 5.75 Å². The summed E-state index contributed by atoms with van der Waals surface area (Å²) in [6, 6.07) is 11.9. The second-order valence-electron chi connectivity index (χ2n) is 5.41. The molecule has 0 saturated carbocycles. The third-order valence-corrected chi connectivity index (χ3v) is 3.79. The number of carbonyl (C=O) groups excluding carboxylic acids is 1. The Bertz CT molecular complexity index is 1020. The van der Waals surface area contributed by atoms with E-state index in [0.29, 0.717) is 16.6 Å². The fourth-order valence-corrected chi connectivity index (χ4v) is 2.63. The molecule has 126 valence electrons. The number of aromatic hydroxyl groups is 1. The van der Waals surface area contributed by atoms with Gasteiger partial charge >= 0.3 is 0 Å². The van der Waals surface area contributed by atoms with Crippen LogP contribution in [0.15, 0.2) is 66.0 Å². The van der Waals surface area contributed by atoms with Gasteiger partial charge in [-0.05, 0) is 36.4 Å². The van der Waals surface area contributed by atoms with Crippen molar-refractivity contribution < 1.29 is 14.3 Å². The molecule has 3 aromatic rings. The maximum Gasteiger partial charge on any atom is 0.268 e. The minimum atomic E-state index is -0.766. The van der Waals surface area contributed by atoms with Crippen molar-refractivity contribution in [2.24, 2.45) is 0 Å². The third kappa shape index (κ3) is 3.01. The zero-order valence-corrected chi connectivity index (χ0v) is 13.2. The highest BCUT2D eigenvalue weighted by Gasteiger charge is 2.21. The van der Waals surface area contributed by atoms with Gasteiger partial charge in [-0.2, -0.15) is 0 Å². The van der Waals surface area contributed by atoms with Crippen LogP contribution in [0.25, 0.3) is 10.9 Å². The van der Waals surface area contributed by atoms with Crippen LogP contribution in [0.4, 0.5) is 10.1 Å². The van der Waals surface area contributed by atoms with E-state index in [0.717, 1.165) is 0 Å². The number of benzene rings is 2. The lowest BCUT2D eigenvalue weighted by atomic mass is 10.1. The molecule has 0 unspecified atom stereocenters. The molecule has 0 saturated heterocycles. The van der Waals surface area contributed by atoms with Crippen LogP contribution in [0, 0.1) is 5.82 Å². The molecule has 0 bridgehead atoms. The van der Waals surface area contributed by atoms with Gasteiger partial charge in [-0.3, -0.25) is 9.59 Å². The van der Waals surface area contributed by atoms with Gasteiger partial charge in [0.15, 0.2) is 0 Å². The van der Waals surface area contributed by atoms with E-state index in [1.165, 1.54) is 34.9 Å². The highest BCUT2D eigenvalue weighted by atomic mass is 19.1. The molecule has 1 amide bonds. The lowest BCUT2D eigenvalue weighted by molar-refractivity contribution is 0.102. The summed E-state index contributed by atoms with van der Waals surface area (Å²) in [6.07, 6.45) is 1.53. The maximum atomic E-state index is 13.0. The number of anilines is 1. The molecule has 6 heteroatoms. The number of hydrogen-bond donors (Lipinski definition) is 2. The fourth-order valence-electron chi connectivity index (χ4n) is 2.63. The highest BCUT2D eigenvalue weighted by molar-refractivity contribution is 6.09. The SMILES string of the molecule is C=CCn1c(=O)c(C(=O)Nc2ccc(F)cc2)c(O)c2ccccc21. The van der Waals surface area contributed by atoms with Crippen LogP contribution >= 0.6 is 0 Å². The zero-order valence-electron chi connectivity index (χ0n) is 13.2. The van der Waals surface area contributed by atoms with Crippen LogP contribution in [0.1, 0.15) is 10.4 Å². The van der Waals surface area contributed by atoms with E-state index < -0.39 is 17.3 Å². The van der Waals surface area contributed by atoms with Crippen molar-refractivity contribution in [1.82, 2.24) is 4.57 Å². The number of amides is 1. The average Bonchev–Trinajstić information content (AvgIpc) is 2.61. The first-order valence-corrected chi connectivity index (χ1v) is 7.55. The first-order valence-electron chi connectivity index (χ1n) is 7.55. The number of aromatic nitrogens is 1. The number of nitrogens with one attached hydrogen (secondary N) is 1. The number of pyridine rings is 1. The Labute approximate surface area is 142 Å². The van der Waals surface area contributed by atoms with Crippen LogP contribution in [-0.4, -0.2) is 15.6 Å². The summed E-state index contributed by atoms with van der Waals surface area (Å²) in [4.78, 5) is 25.3. The van der Waals surface area contributed by atoms with E-state index in [1.807, 2.05) is 0 Å².